The number of nitrogen functional groups attached to an aromatic ring is 1. The lowest BCUT2D eigenvalue weighted by Crippen LogP contribution is -2.30. The number of aryl methyl sites for hydroxylation is 1. The minimum atomic E-state index is -0.530. The number of carbonyl (C=O) groups excluding carboxylic acids is 1. The molecule has 1 heterocycles. The number of aromatic nitrogens is 2. The highest BCUT2D eigenvalue weighted by Crippen LogP contribution is 2.29. The highest BCUT2D eigenvalue weighted by molar-refractivity contribution is 6.17. The molecule has 0 saturated carbocycles. The summed E-state index contributed by atoms with van der Waals surface area (Å²) in [6, 6.07) is 5.76. The van der Waals surface area contributed by atoms with Crippen molar-refractivity contribution in [2.75, 3.05) is 18.2 Å². The smallest absolute Gasteiger partial charge is 0.308 e. The van der Waals surface area contributed by atoms with E-state index in [1.54, 1.807) is 7.11 Å². The Morgan fingerprint density at radius 2 is 2.00 bits per heavy atom. The fraction of sp³-hybridized carbons (Fsp3) is 0.560. The summed E-state index contributed by atoms with van der Waals surface area (Å²) in [5.74, 6) is 1.75. The molecular formula is C25H37ClN4O3. The first-order chi connectivity index (χ1) is 15.6. The van der Waals surface area contributed by atoms with Crippen molar-refractivity contribution in [1.82, 2.24) is 9.97 Å². The average molecular weight is 477 g/mol. The fourth-order valence-corrected chi connectivity index (χ4v) is 3.81. The van der Waals surface area contributed by atoms with E-state index in [-0.39, 0.29) is 24.4 Å². The highest BCUT2D eigenvalue weighted by Gasteiger charge is 2.23. The molecule has 33 heavy (non-hydrogen) atoms. The number of halogens is 1. The normalized spacial score (nSPS) is 12.3. The summed E-state index contributed by atoms with van der Waals surface area (Å²) in [5, 5.41) is 3.47. The van der Waals surface area contributed by atoms with Gasteiger partial charge in [-0.25, -0.2) is 4.98 Å². The maximum absolute atomic E-state index is 12.5. The van der Waals surface area contributed by atoms with Gasteiger partial charge < -0.3 is 20.5 Å². The SMILES string of the molecule is CCCCC(CC(=O)OC(C)(C)C)Nc1nc(N)nc(C)c1Cc1cc(CCl)ccc1OC. The zero-order valence-corrected chi connectivity index (χ0v) is 21.4. The Balaban J connectivity index is 2.37. The van der Waals surface area contributed by atoms with Crippen molar-refractivity contribution in [3.63, 3.8) is 0 Å². The van der Waals surface area contributed by atoms with E-state index in [1.807, 2.05) is 45.9 Å². The zero-order chi connectivity index (χ0) is 24.6. The van der Waals surface area contributed by atoms with Gasteiger partial charge in [0.05, 0.1) is 13.5 Å². The number of esters is 1. The summed E-state index contributed by atoms with van der Waals surface area (Å²) in [6.07, 6.45) is 3.58. The van der Waals surface area contributed by atoms with Gasteiger partial charge in [-0.05, 0) is 51.3 Å². The van der Waals surface area contributed by atoms with Crippen LogP contribution in [0.4, 0.5) is 11.8 Å². The number of nitrogens with zero attached hydrogens (tertiary/aromatic N) is 2. The van der Waals surface area contributed by atoms with Crippen molar-refractivity contribution in [3.8, 4) is 5.75 Å². The van der Waals surface area contributed by atoms with Crippen LogP contribution in [0.5, 0.6) is 5.75 Å². The molecule has 0 fully saturated rings. The number of carbonyl (C=O) groups is 1. The van der Waals surface area contributed by atoms with Gasteiger partial charge in [0.1, 0.15) is 17.2 Å². The van der Waals surface area contributed by atoms with Gasteiger partial charge in [-0.3, -0.25) is 4.79 Å². The van der Waals surface area contributed by atoms with Crippen LogP contribution in [0.1, 0.15) is 75.8 Å². The summed E-state index contributed by atoms with van der Waals surface area (Å²) in [4.78, 5) is 21.4. The Kier molecular flexibility index (Phi) is 9.77. The first-order valence-corrected chi connectivity index (χ1v) is 11.9. The highest BCUT2D eigenvalue weighted by atomic mass is 35.5. The standard InChI is InChI=1S/C25H37ClN4O3/c1-7-8-9-19(14-22(31)33-25(3,4)5)29-23-20(16(2)28-24(27)30-23)13-18-12-17(15-26)10-11-21(18)32-6/h10-12,19H,7-9,13-15H2,1-6H3,(H3,27,28,29,30). The zero-order valence-electron chi connectivity index (χ0n) is 20.6. The van der Waals surface area contributed by atoms with Crippen LogP contribution < -0.4 is 15.8 Å². The lowest BCUT2D eigenvalue weighted by atomic mass is 10.00. The second-order valence-electron chi connectivity index (χ2n) is 9.23. The summed E-state index contributed by atoms with van der Waals surface area (Å²) in [6.45, 7) is 9.64. The van der Waals surface area contributed by atoms with Gasteiger partial charge in [0.15, 0.2) is 0 Å². The number of rotatable bonds is 11. The Bertz CT molecular complexity index is 944. The number of ether oxygens (including phenoxy) is 2. The molecule has 0 aliphatic carbocycles. The third kappa shape index (κ3) is 8.39. The fourth-order valence-electron chi connectivity index (χ4n) is 3.65. The van der Waals surface area contributed by atoms with Gasteiger partial charge in [0, 0.05) is 29.6 Å². The van der Waals surface area contributed by atoms with Crippen LogP contribution in [-0.4, -0.2) is 34.7 Å². The summed E-state index contributed by atoms with van der Waals surface area (Å²) in [7, 11) is 1.65. The Hall–Kier alpha value is -2.54. The molecule has 2 rings (SSSR count). The van der Waals surface area contributed by atoms with E-state index >= 15 is 0 Å². The van der Waals surface area contributed by atoms with Crippen LogP contribution in [-0.2, 0) is 21.8 Å². The van der Waals surface area contributed by atoms with E-state index in [1.165, 1.54) is 0 Å². The molecule has 0 amide bonds. The van der Waals surface area contributed by atoms with Crippen LogP contribution in [0, 0.1) is 6.92 Å². The van der Waals surface area contributed by atoms with E-state index in [9.17, 15) is 4.79 Å². The van der Waals surface area contributed by atoms with Gasteiger partial charge in [0.2, 0.25) is 5.95 Å². The third-order valence-electron chi connectivity index (χ3n) is 5.18. The lowest BCUT2D eigenvalue weighted by Gasteiger charge is -2.24. The summed E-state index contributed by atoms with van der Waals surface area (Å²) in [5.41, 5.74) is 9.11. The predicted molar refractivity (Wildman–Crippen MR) is 134 cm³/mol. The van der Waals surface area contributed by atoms with Gasteiger partial charge in [0.25, 0.3) is 0 Å². The first kappa shape index (κ1) is 26.7. The number of hydrogen-bond donors (Lipinski definition) is 2. The monoisotopic (exact) mass is 476 g/mol. The van der Waals surface area contributed by atoms with Crippen molar-refractivity contribution in [1.29, 1.82) is 0 Å². The number of alkyl halides is 1. The molecule has 7 nitrogen and oxygen atoms in total. The largest absolute Gasteiger partial charge is 0.496 e. The van der Waals surface area contributed by atoms with Crippen molar-refractivity contribution in [2.45, 2.75) is 84.2 Å². The Morgan fingerprint density at radius 1 is 1.27 bits per heavy atom. The molecule has 0 aliphatic rings. The van der Waals surface area contributed by atoms with Crippen LogP contribution in [0.25, 0.3) is 0 Å². The molecule has 0 aliphatic heterocycles. The molecule has 0 saturated heterocycles. The molecule has 1 unspecified atom stereocenters. The molecule has 8 heteroatoms. The van der Waals surface area contributed by atoms with Gasteiger partial charge in [-0.1, -0.05) is 31.9 Å². The molecular weight excluding hydrogens is 440 g/mol. The number of hydrogen-bond acceptors (Lipinski definition) is 7. The van der Waals surface area contributed by atoms with Gasteiger partial charge >= 0.3 is 5.97 Å². The second-order valence-corrected chi connectivity index (χ2v) is 9.49. The van der Waals surface area contributed by atoms with Crippen LogP contribution in [0.15, 0.2) is 18.2 Å². The number of unbranched alkanes of at least 4 members (excludes halogenated alkanes) is 1. The van der Waals surface area contributed by atoms with Crippen molar-refractivity contribution in [3.05, 3.63) is 40.6 Å². The van der Waals surface area contributed by atoms with E-state index in [0.29, 0.717) is 18.1 Å². The molecule has 0 radical (unpaired) electrons. The maximum Gasteiger partial charge on any atom is 0.308 e. The van der Waals surface area contributed by atoms with Crippen molar-refractivity contribution < 1.29 is 14.3 Å². The van der Waals surface area contributed by atoms with E-state index < -0.39 is 5.60 Å². The number of benzene rings is 1. The predicted octanol–water partition coefficient (Wildman–Crippen LogP) is 5.41. The summed E-state index contributed by atoms with van der Waals surface area (Å²) >= 11 is 6.05. The minimum absolute atomic E-state index is 0.136. The van der Waals surface area contributed by atoms with Crippen molar-refractivity contribution in [2.24, 2.45) is 0 Å². The Labute approximate surface area is 202 Å². The molecule has 0 bridgehead atoms. The second kappa shape index (κ2) is 12.1. The quantitative estimate of drug-likeness (QED) is 0.330. The molecule has 1 atom stereocenters. The minimum Gasteiger partial charge on any atom is -0.496 e. The molecule has 3 N–H and O–H groups in total. The van der Waals surface area contributed by atoms with Gasteiger partial charge in [-0.2, -0.15) is 4.98 Å². The van der Waals surface area contributed by atoms with E-state index in [4.69, 9.17) is 26.8 Å². The van der Waals surface area contributed by atoms with Gasteiger partial charge in [-0.15, -0.1) is 11.6 Å². The van der Waals surface area contributed by atoms with E-state index in [0.717, 1.165) is 47.4 Å². The number of nitrogens with one attached hydrogen (secondary N) is 1. The average Bonchev–Trinajstić information content (AvgIpc) is 2.72. The molecule has 2 aromatic rings. The van der Waals surface area contributed by atoms with E-state index in [2.05, 4.69) is 22.2 Å². The molecule has 0 spiro atoms. The third-order valence-corrected chi connectivity index (χ3v) is 5.49. The topological polar surface area (TPSA) is 99.4 Å². The molecule has 1 aromatic carbocycles. The number of methoxy groups -OCH3 is 1. The summed E-state index contributed by atoms with van der Waals surface area (Å²) < 4.78 is 11.1. The van der Waals surface area contributed by atoms with Crippen LogP contribution in [0.2, 0.25) is 0 Å². The Morgan fingerprint density at radius 3 is 2.61 bits per heavy atom. The lowest BCUT2D eigenvalue weighted by molar-refractivity contribution is -0.155. The van der Waals surface area contributed by atoms with Crippen molar-refractivity contribution >= 4 is 29.3 Å². The maximum atomic E-state index is 12.5. The first-order valence-electron chi connectivity index (χ1n) is 11.4. The number of anilines is 2. The van der Waals surface area contributed by atoms with Crippen LogP contribution >= 0.6 is 11.6 Å². The van der Waals surface area contributed by atoms with Crippen LogP contribution in [0.3, 0.4) is 0 Å². The molecule has 1 aromatic heterocycles. The number of nitrogens with two attached hydrogens (primary N) is 1. The molecule has 182 valence electrons.